The second-order valence-corrected chi connectivity index (χ2v) is 10.4. The lowest BCUT2D eigenvalue weighted by Gasteiger charge is -2.42. The Kier molecular flexibility index (Phi) is 9.71. The molecule has 4 rings (SSSR count). The number of aliphatic hydroxyl groups is 1. The van der Waals surface area contributed by atoms with Crippen molar-refractivity contribution < 1.29 is 24.2 Å². The summed E-state index contributed by atoms with van der Waals surface area (Å²) in [5.41, 5.74) is 1.83. The van der Waals surface area contributed by atoms with Crippen LogP contribution in [0.25, 0.3) is 0 Å². The molecule has 3 N–H and O–H groups in total. The van der Waals surface area contributed by atoms with E-state index in [1.54, 1.807) is 30.3 Å². The van der Waals surface area contributed by atoms with E-state index in [1.165, 1.54) is 6.33 Å². The Morgan fingerprint density at radius 2 is 1.77 bits per heavy atom. The number of nitrogens with one attached hydrogen (secondary N) is 2. The van der Waals surface area contributed by atoms with Crippen LogP contribution in [0.5, 0.6) is 5.75 Å². The molecule has 1 aromatic heterocycles. The van der Waals surface area contributed by atoms with E-state index in [2.05, 4.69) is 15.3 Å². The van der Waals surface area contributed by atoms with Gasteiger partial charge in [0.1, 0.15) is 23.7 Å². The molecule has 2 heterocycles. The van der Waals surface area contributed by atoms with Gasteiger partial charge in [-0.25, -0.2) is 4.98 Å². The fourth-order valence-electron chi connectivity index (χ4n) is 5.44. The number of likely N-dealkylation sites (tertiary alicyclic amines) is 1. The molecule has 1 aliphatic heterocycles. The van der Waals surface area contributed by atoms with Crippen LogP contribution in [0.3, 0.4) is 0 Å². The van der Waals surface area contributed by atoms with E-state index in [0.717, 1.165) is 17.5 Å². The normalized spacial score (nSPS) is 16.1. The number of benzene rings is 2. The molecule has 1 fully saturated rings. The van der Waals surface area contributed by atoms with E-state index in [-0.39, 0.29) is 24.5 Å². The molecular formula is C31H38N4O5. The van der Waals surface area contributed by atoms with Gasteiger partial charge in [-0.1, -0.05) is 49.4 Å². The van der Waals surface area contributed by atoms with E-state index in [9.17, 15) is 19.5 Å². The highest BCUT2D eigenvalue weighted by molar-refractivity contribution is 5.92. The van der Waals surface area contributed by atoms with Crippen molar-refractivity contribution in [2.75, 3.05) is 20.2 Å². The molecule has 3 aromatic rings. The van der Waals surface area contributed by atoms with Crippen LogP contribution >= 0.6 is 0 Å². The number of aromatic nitrogens is 2. The molecule has 40 heavy (non-hydrogen) atoms. The number of amides is 2. The average molecular weight is 547 g/mol. The van der Waals surface area contributed by atoms with Crippen molar-refractivity contribution in [2.45, 2.75) is 63.0 Å². The molecule has 2 atom stereocenters. The van der Waals surface area contributed by atoms with Crippen LogP contribution in [0, 0.1) is 0 Å². The van der Waals surface area contributed by atoms with Crippen LogP contribution in [0.2, 0.25) is 0 Å². The molecule has 0 radical (unpaired) electrons. The summed E-state index contributed by atoms with van der Waals surface area (Å²) < 4.78 is 5.24. The number of carbonyl (C=O) groups is 3. The highest BCUT2D eigenvalue weighted by atomic mass is 16.5. The number of nitrogens with zero attached hydrogens (tertiary/aromatic N) is 2. The van der Waals surface area contributed by atoms with Crippen LogP contribution in [-0.4, -0.2) is 69.9 Å². The van der Waals surface area contributed by atoms with Crippen LogP contribution in [-0.2, 0) is 32.6 Å². The van der Waals surface area contributed by atoms with Gasteiger partial charge >= 0.3 is 0 Å². The van der Waals surface area contributed by atoms with E-state index in [1.807, 2.05) is 49.4 Å². The van der Waals surface area contributed by atoms with Gasteiger partial charge in [0.2, 0.25) is 11.8 Å². The third-order valence-electron chi connectivity index (χ3n) is 7.75. The van der Waals surface area contributed by atoms with Gasteiger partial charge in [0, 0.05) is 44.2 Å². The minimum Gasteiger partial charge on any atom is -0.497 e. The topological polar surface area (TPSA) is 125 Å². The number of carbonyl (C=O) groups excluding carboxylic acids is 3. The Bertz CT molecular complexity index is 1250. The maximum atomic E-state index is 13.8. The van der Waals surface area contributed by atoms with E-state index in [4.69, 9.17) is 4.74 Å². The molecule has 1 aliphatic rings. The molecule has 2 amide bonds. The monoisotopic (exact) mass is 546 g/mol. The summed E-state index contributed by atoms with van der Waals surface area (Å²) in [7, 11) is 1.58. The summed E-state index contributed by atoms with van der Waals surface area (Å²) in [4.78, 5) is 48.7. The SMILES string of the molecule is CCCC(=O)C1(c2ccccc2)CCN(C(=O)[C@@H](Cc2ccc(OC)cc2)NC(=O)[C@H](O)Cc2cnc[nH]2)CC1. The fourth-order valence-corrected chi connectivity index (χ4v) is 5.44. The van der Waals surface area contributed by atoms with Crippen molar-refractivity contribution in [3.05, 3.63) is 83.9 Å². The third kappa shape index (κ3) is 6.77. The summed E-state index contributed by atoms with van der Waals surface area (Å²) in [6, 6.07) is 16.3. The van der Waals surface area contributed by atoms with Crippen molar-refractivity contribution in [1.82, 2.24) is 20.2 Å². The summed E-state index contributed by atoms with van der Waals surface area (Å²) in [5, 5.41) is 13.3. The van der Waals surface area contributed by atoms with Crippen LogP contribution in [0.15, 0.2) is 67.1 Å². The summed E-state index contributed by atoms with van der Waals surface area (Å²) in [5.74, 6) is 0.0340. The number of imidazole rings is 1. The minimum absolute atomic E-state index is 0.0537. The Morgan fingerprint density at radius 1 is 1.07 bits per heavy atom. The molecule has 0 spiro atoms. The van der Waals surface area contributed by atoms with E-state index >= 15 is 0 Å². The van der Waals surface area contributed by atoms with Gasteiger partial charge in [0.15, 0.2) is 0 Å². The Morgan fingerprint density at radius 3 is 2.38 bits per heavy atom. The molecule has 9 heteroatoms. The van der Waals surface area contributed by atoms with Crippen molar-refractivity contribution in [2.24, 2.45) is 0 Å². The zero-order chi connectivity index (χ0) is 28.5. The Labute approximate surface area is 235 Å². The van der Waals surface area contributed by atoms with Gasteiger partial charge in [-0.05, 0) is 42.5 Å². The molecule has 0 aliphatic carbocycles. The highest BCUT2D eigenvalue weighted by Gasteiger charge is 2.43. The lowest BCUT2D eigenvalue weighted by molar-refractivity contribution is -0.141. The first-order valence-electron chi connectivity index (χ1n) is 13.8. The summed E-state index contributed by atoms with van der Waals surface area (Å²) in [6.45, 7) is 2.80. The molecule has 0 saturated carbocycles. The first-order chi connectivity index (χ1) is 19.4. The number of hydrogen-bond acceptors (Lipinski definition) is 6. The second kappa shape index (κ2) is 13.4. The van der Waals surface area contributed by atoms with Crippen LogP contribution in [0.1, 0.15) is 49.4 Å². The van der Waals surface area contributed by atoms with Crippen molar-refractivity contribution in [3.8, 4) is 5.75 Å². The molecular weight excluding hydrogens is 508 g/mol. The second-order valence-electron chi connectivity index (χ2n) is 10.4. The number of ketones is 1. The smallest absolute Gasteiger partial charge is 0.249 e. The van der Waals surface area contributed by atoms with Gasteiger partial charge in [-0.3, -0.25) is 14.4 Å². The van der Waals surface area contributed by atoms with E-state index in [0.29, 0.717) is 43.8 Å². The third-order valence-corrected chi connectivity index (χ3v) is 7.75. The number of methoxy groups -OCH3 is 1. The minimum atomic E-state index is -1.34. The van der Waals surface area contributed by atoms with Crippen LogP contribution < -0.4 is 10.1 Å². The predicted molar refractivity (Wildman–Crippen MR) is 151 cm³/mol. The maximum Gasteiger partial charge on any atom is 0.249 e. The zero-order valence-electron chi connectivity index (χ0n) is 23.1. The van der Waals surface area contributed by atoms with Crippen molar-refractivity contribution >= 4 is 17.6 Å². The lowest BCUT2D eigenvalue weighted by Crippen LogP contribution is -2.56. The molecule has 1 saturated heterocycles. The summed E-state index contributed by atoms with van der Waals surface area (Å²) >= 11 is 0. The van der Waals surface area contributed by atoms with Crippen molar-refractivity contribution in [1.29, 1.82) is 0 Å². The number of H-pyrrole nitrogens is 1. The predicted octanol–water partition coefficient (Wildman–Crippen LogP) is 2.98. The standard InChI is InChI=1S/C31H38N4O5/c1-3-7-28(37)31(23-8-5-4-6-9-23)14-16-35(17-15-31)30(39)26(18-22-10-12-25(40-2)13-11-22)34-29(38)27(36)19-24-20-32-21-33-24/h4-6,8-13,20-21,26-27,36H,3,7,14-19H2,1-2H3,(H,32,33)(H,34,38)/t26-,27-/m1/s1. The Balaban J connectivity index is 1.51. The van der Waals surface area contributed by atoms with Gasteiger partial charge in [-0.2, -0.15) is 0 Å². The quantitative estimate of drug-likeness (QED) is 0.321. The van der Waals surface area contributed by atoms with Crippen molar-refractivity contribution in [3.63, 3.8) is 0 Å². The number of hydrogen-bond donors (Lipinski definition) is 3. The average Bonchev–Trinajstić information content (AvgIpc) is 3.50. The maximum absolute atomic E-state index is 13.8. The number of rotatable bonds is 12. The number of ether oxygens (including phenoxy) is 1. The lowest BCUT2D eigenvalue weighted by atomic mass is 9.68. The van der Waals surface area contributed by atoms with E-state index < -0.39 is 23.5 Å². The van der Waals surface area contributed by atoms with Gasteiger partial charge in [-0.15, -0.1) is 0 Å². The zero-order valence-corrected chi connectivity index (χ0v) is 23.1. The largest absolute Gasteiger partial charge is 0.497 e. The number of aromatic amines is 1. The fraction of sp³-hybridized carbons (Fsp3) is 0.419. The molecule has 0 unspecified atom stereocenters. The Hall–Kier alpha value is -3.98. The highest BCUT2D eigenvalue weighted by Crippen LogP contribution is 2.38. The van der Waals surface area contributed by atoms with Gasteiger partial charge in [0.25, 0.3) is 0 Å². The molecule has 2 aromatic carbocycles. The number of Topliss-reactive ketones (excluding diaryl/α,β-unsaturated/α-hetero) is 1. The molecule has 0 bridgehead atoms. The number of aliphatic hydroxyl groups excluding tert-OH is 1. The van der Waals surface area contributed by atoms with Gasteiger partial charge in [0.05, 0.1) is 18.9 Å². The number of piperidine rings is 1. The molecule has 9 nitrogen and oxygen atoms in total. The molecule has 212 valence electrons. The first-order valence-corrected chi connectivity index (χ1v) is 13.8. The summed E-state index contributed by atoms with van der Waals surface area (Å²) in [6.07, 6.45) is 4.29. The van der Waals surface area contributed by atoms with Crippen LogP contribution in [0.4, 0.5) is 0 Å². The first kappa shape index (κ1) is 29.0. The van der Waals surface area contributed by atoms with Gasteiger partial charge < -0.3 is 25.0 Å².